The standard InChI is InChI=1S/C10H11N3O/c11-5-9-6-12-7-13(9)8-2-1-3-10(14)4-8/h1-4,6-7,14H,5,11H2. The summed E-state index contributed by atoms with van der Waals surface area (Å²) in [6.07, 6.45) is 3.39. The zero-order chi connectivity index (χ0) is 9.97. The number of hydrogen-bond acceptors (Lipinski definition) is 3. The molecule has 0 spiro atoms. The van der Waals surface area contributed by atoms with Gasteiger partial charge in [0.1, 0.15) is 5.75 Å². The number of phenols is 1. The summed E-state index contributed by atoms with van der Waals surface area (Å²) in [4.78, 5) is 4.00. The number of rotatable bonds is 2. The smallest absolute Gasteiger partial charge is 0.117 e. The third-order valence-electron chi connectivity index (χ3n) is 2.03. The lowest BCUT2D eigenvalue weighted by molar-refractivity contribution is 0.475. The van der Waals surface area contributed by atoms with E-state index in [1.54, 1.807) is 30.7 Å². The molecule has 14 heavy (non-hydrogen) atoms. The Bertz CT molecular complexity index is 436. The van der Waals surface area contributed by atoms with Crippen LogP contribution in [0.25, 0.3) is 5.69 Å². The van der Waals surface area contributed by atoms with Crippen LogP contribution in [0.2, 0.25) is 0 Å². The maximum absolute atomic E-state index is 9.31. The Morgan fingerprint density at radius 2 is 2.29 bits per heavy atom. The van der Waals surface area contributed by atoms with Gasteiger partial charge >= 0.3 is 0 Å². The van der Waals surface area contributed by atoms with Crippen LogP contribution in [-0.2, 0) is 6.54 Å². The molecular weight excluding hydrogens is 178 g/mol. The predicted octanol–water partition coefficient (Wildman–Crippen LogP) is 1.04. The number of benzene rings is 1. The van der Waals surface area contributed by atoms with Gasteiger partial charge in [-0.2, -0.15) is 0 Å². The van der Waals surface area contributed by atoms with E-state index in [9.17, 15) is 5.11 Å². The Kier molecular flexibility index (Phi) is 2.20. The number of aromatic hydroxyl groups is 1. The molecule has 0 aliphatic heterocycles. The lowest BCUT2D eigenvalue weighted by Gasteiger charge is -2.06. The zero-order valence-electron chi connectivity index (χ0n) is 7.59. The van der Waals surface area contributed by atoms with Gasteiger partial charge in [-0.1, -0.05) is 6.07 Å². The first-order valence-electron chi connectivity index (χ1n) is 4.32. The van der Waals surface area contributed by atoms with Crippen molar-refractivity contribution in [3.05, 3.63) is 42.5 Å². The van der Waals surface area contributed by atoms with E-state index in [1.165, 1.54) is 0 Å². The van der Waals surface area contributed by atoms with E-state index in [0.29, 0.717) is 6.54 Å². The van der Waals surface area contributed by atoms with E-state index in [0.717, 1.165) is 11.4 Å². The first kappa shape index (κ1) is 8.77. The minimum atomic E-state index is 0.235. The van der Waals surface area contributed by atoms with Gasteiger partial charge in [-0.05, 0) is 12.1 Å². The molecule has 0 amide bonds. The van der Waals surface area contributed by atoms with Crippen molar-refractivity contribution in [2.75, 3.05) is 0 Å². The lowest BCUT2D eigenvalue weighted by atomic mass is 10.3. The molecule has 0 fully saturated rings. The van der Waals surface area contributed by atoms with Crippen molar-refractivity contribution in [3.63, 3.8) is 0 Å². The van der Waals surface area contributed by atoms with Gasteiger partial charge in [0.2, 0.25) is 0 Å². The number of nitrogens with two attached hydrogens (primary N) is 1. The SMILES string of the molecule is NCc1cncn1-c1cccc(O)c1. The summed E-state index contributed by atoms with van der Waals surface area (Å²) in [6.45, 7) is 0.426. The van der Waals surface area contributed by atoms with Crippen molar-refractivity contribution in [3.8, 4) is 11.4 Å². The van der Waals surface area contributed by atoms with Gasteiger partial charge in [0, 0.05) is 18.8 Å². The summed E-state index contributed by atoms with van der Waals surface area (Å²) in [5.74, 6) is 0.235. The highest BCUT2D eigenvalue weighted by Gasteiger charge is 2.02. The third kappa shape index (κ3) is 1.47. The van der Waals surface area contributed by atoms with Gasteiger partial charge in [0.05, 0.1) is 17.7 Å². The van der Waals surface area contributed by atoms with E-state index < -0.39 is 0 Å². The summed E-state index contributed by atoms with van der Waals surface area (Å²) in [5.41, 5.74) is 7.32. The van der Waals surface area contributed by atoms with Crippen LogP contribution in [0.1, 0.15) is 5.69 Å². The Morgan fingerprint density at radius 1 is 1.43 bits per heavy atom. The van der Waals surface area contributed by atoms with Gasteiger partial charge in [-0.15, -0.1) is 0 Å². The molecule has 0 unspecified atom stereocenters. The second-order valence-corrected chi connectivity index (χ2v) is 2.98. The number of aromatic nitrogens is 2. The number of imidazole rings is 1. The molecule has 1 heterocycles. The number of phenolic OH excluding ortho intramolecular Hbond substituents is 1. The second kappa shape index (κ2) is 3.51. The second-order valence-electron chi connectivity index (χ2n) is 2.98. The van der Waals surface area contributed by atoms with Crippen molar-refractivity contribution in [2.45, 2.75) is 6.54 Å². The minimum Gasteiger partial charge on any atom is -0.508 e. The molecule has 1 aromatic heterocycles. The Morgan fingerprint density at radius 3 is 3.00 bits per heavy atom. The fourth-order valence-electron chi connectivity index (χ4n) is 1.35. The van der Waals surface area contributed by atoms with Gasteiger partial charge in [0.15, 0.2) is 0 Å². The van der Waals surface area contributed by atoms with Gasteiger partial charge in [-0.3, -0.25) is 0 Å². The number of nitrogens with zero attached hydrogens (tertiary/aromatic N) is 2. The van der Waals surface area contributed by atoms with Crippen LogP contribution in [0.4, 0.5) is 0 Å². The van der Waals surface area contributed by atoms with E-state index in [4.69, 9.17) is 5.73 Å². The average molecular weight is 189 g/mol. The summed E-state index contributed by atoms with van der Waals surface area (Å²) in [5, 5.41) is 9.31. The normalized spacial score (nSPS) is 10.4. The maximum atomic E-state index is 9.31. The Hall–Kier alpha value is -1.81. The topological polar surface area (TPSA) is 64.1 Å². The molecule has 4 heteroatoms. The van der Waals surface area contributed by atoms with Crippen LogP contribution >= 0.6 is 0 Å². The molecule has 3 N–H and O–H groups in total. The van der Waals surface area contributed by atoms with E-state index in [2.05, 4.69) is 4.98 Å². The van der Waals surface area contributed by atoms with E-state index in [-0.39, 0.29) is 5.75 Å². The number of hydrogen-bond donors (Lipinski definition) is 2. The van der Waals surface area contributed by atoms with Crippen molar-refractivity contribution in [2.24, 2.45) is 5.73 Å². The zero-order valence-corrected chi connectivity index (χ0v) is 7.59. The summed E-state index contributed by atoms with van der Waals surface area (Å²) >= 11 is 0. The molecule has 2 aromatic rings. The van der Waals surface area contributed by atoms with Crippen LogP contribution in [0.3, 0.4) is 0 Å². The maximum Gasteiger partial charge on any atom is 0.117 e. The molecule has 1 aromatic carbocycles. The molecule has 0 atom stereocenters. The van der Waals surface area contributed by atoms with Crippen LogP contribution in [0.5, 0.6) is 5.75 Å². The fourth-order valence-corrected chi connectivity index (χ4v) is 1.35. The molecule has 0 radical (unpaired) electrons. The summed E-state index contributed by atoms with van der Waals surface area (Å²) in [6, 6.07) is 6.97. The monoisotopic (exact) mass is 189 g/mol. The van der Waals surface area contributed by atoms with Gasteiger partial charge in [0.25, 0.3) is 0 Å². The van der Waals surface area contributed by atoms with Crippen LogP contribution in [0, 0.1) is 0 Å². The largest absolute Gasteiger partial charge is 0.508 e. The molecule has 2 rings (SSSR count). The molecule has 0 saturated carbocycles. The highest BCUT2D eigenvalue weighted by Crippen LogP contribution is 2.16. The van der Waals surface area contributed by atoms with Crippen LogP contribution in [0.15, 0.2) is 36.8 Å². The Labute approximate surface area is 81.6 Å². The first-order valence-corrected chi connectivity index (χ1v) is 4.32. The molecule has 0 bridgehead atoms. The summed E-state index contributed by atoms with van der Waals surface area (Å²) in [7, 11) is 0. The molecule has 72 valence electrons. The molecule has 0 aliphatic rings. The van der Waals surface area contributed by atoms with Crippen LogP contribution in [-0.4, -0.2) is 14.7 Å². The minimum absolute atomic E-state index is 0.235. The van der Waals surface area contributed by atoms with Crippen molar-refractivity contribution in [1.29, 1.82) is 0 Å². The van der Waals surface area contributed by atoms with E-state index in [1.807, 2.05) is 10.6 Å². The summed E-state index contributed by atoms with van der Waals surface area (Å²) < 4.78 is 1.85. The average Bonchev–Trinajstić information content (AvgIpc) is 2.65. The quantitative estimate of drug-likeness (QED) is 0.741. The van der Waals surface area contributed by atoms with Gasteiger partial charge < -0.3 is 15.4 Å². The Balaban J connectivity index is 2.49. The highest BCUT2D eigenvalue weighted by molar-refractivity contribution is 5.39. The van der Waals surface area contributed by atoms with Crippen LogP contribution < -0.4 is 5.73 Å². The van der Waals surface area contributed by atoms with Gasteiger partial charge in [-0.25, -0.2) is 4.98 Å². The van der Waals surface area contributed by atoms with Crippen molar-refractivity contribution < 1.29 is 5.11 Å². The van der Waals surface area contributed by atoms with E-state index >= 15 is 0 Å². The first-order chi connectivity index (χ1) is 6.81. The molecular formula is C10H11N3O. The fraction of sp³-hybridized carbons (Fsp3) is 0.100. The van der Waals surface area contributed by atoms with Crippen molar-refractivity contribution >= 4 is 0 Å². The molecule has 0 aliphatic carbocycles. The van der Waals surface area contributed by atoms with Crippen molar-refractivity contribution in [1.82, 2.24) is 9.55 Å². The lowest BCUT2D eigenvalue weighted by Crippen LogP contribution is -2.04. The third-order valence-corrected chi connectivity index (χ3v) is 2.03. The molecule has 0 saturated heterocycles. The highest BCUT2D eigenvalue weighted by atomic mass is 16.3. The molecule has 4 nitrogen and oxygen atoms in total. The predicted molar refractivity (Wildman–Crippen MR) is 53.1 cm³/mol.